The maximum atomic E-state index is 12.4. The third kappa shape index (κ3) is 8.32. The lowest BCUT2D eigenvalue weighted by Crippen LogP contribution is -2.41. The molecule has 1 aromatic rings. The quantitative estimate of drug-likeness (QED) is 0.668. The summed E-state index contributed by atoms with van der Waals surface area (Å²) in [6.45, 7) is 8.58. The molecule has 1 aliphatic rings. The average Bonchev–Trinajstić information content (AvgIpc) is 2.80. The van der Waals surface area contributed by atoms with Gasteiger partial charge in [0.15, 0.2) is 0 Å². The van der Waals surface area contributed by atoms with Crippen LogP contribution in [0.5, 0.6) is 0 Å². The Bertz CT molecular complexity index is 792. The highest BCUT2D eigenvalue weighted by atomic mass is 32.2. The number of carbonyl (C=O) groups excluding carboxylic acids is 1. The Labute approximate surface area is 173 Å². The molecule has 2 atom stereocenters. The molecule has 1 amide bonds. The molecule has 0 bridgehead atoms. The standard InChI is InChI=1S/C21H33NO6S/c1-15-8-9-19(29(24,25)26)17(11-15)13-18(22-20(23)28-21(2,3)4)12-16-7-5-6-10-27-14-16/h8-9,11,16,18H,5-7,10,12-14H2,1-4H3,(H,22,23)(H,24,25,26)/t16-,18?/m1/s1. The van der Waals surface area contributed by atoms with Crippen molar-refractivity contribution in [3.63, 3.8) is 0 Å². The van der Waals surface area contributed by atoms with Crippen molar-refractivity contribution in [2.75, 3.05) is 13.2 Å². The second-order valence-electron chi connectivity index (χ2n) is 8.81. The lowest BCUT2D eigenvalue weighted by molar-refractivity contribution is 0.0486. The van der Waals surface area contributed by atoms with Gasteiger partial charge < -0.3 is 14.8 Å². The van der Waals surface area contributed by atoms with Gasteiger partial charge >= 0.3 is 6.09 Å². The summed E-state index contributed by atoms with van der Waals surface area (Å²) >= 11 is 0. The lowest BCUT2D eigenvalue weighted by atomic mass is 9.92. The topological polar surface area (TPSA) is 102 Å². The van der Waals surface area contributed by atoms with Gasteiger partial charge in [0.1, 0.15) is 5.60 Å². The predicted molar refractivity (Wildman–Crippen MR) is 111 cm³/mol. The molecule has 0 aromatic heterocycles. The smallest absolute Gasteiger partial charge is 0.407 e. The van der Waals surface area contributed by atoms with Gasteiger partial charge in [0, 0.05) is 19.3 Å². The van der Waals surface area contributed by atoms with Gasteiger partial charge in [-0.1, -0.05) is 24.1 Å². The first kappa shape index (κ1) is 23.6. The van der Waals surface area contributed by atoms with Crippen molar-refractivity contribution in [3.8, 4) is 0 Å². The summed E-state index contributed by atoms with van der Waals surface area (Å²) in [5.41, 5.74) is 0.715. The van der Waals surface area contributed by atoms with Crippen molar-refractivity contribution < 1.29 is 27.2 Å². The Morgan fingerprint density at radius 3 is 2.72 bits per heavy atom. The van der Waals surface area contributed by atoms with E-state index in [1.165, 1.54) is 6.07 Å². The molecular weight excluding hydrogens is 394 g/mol. The van der Waals surface area contributed by atoms with Gasteiger partial charge in [-0.05, 0) is 70.9 Å². The van der Waals surface area contributed by atoms with E-state index in [1.54, 1.807) is 32.9 Å². The van der Waals surface area contributed by atoms with Crippen LogP contribution in [0.3, 0.4) is 0 Å². The number of amides is 1. The number of aryl methyl sites for hydroxylation is 1. The van der Waals surface area contributed by atoms with Crippen molar-refractivity contribution in [1.82, 2.24) is 5.32 Å². The van der Waals surface area contributed by atoms with Gasteiger partial charge in [-0.2, -0.15) is 8.42 Å². The summed E-state index contributed by atoms with van der Waals surface area (Å²) in [5.74, 6) is 0.261. The van der Waals surface area contributed by atoms with Crippen LogP contribution in [-0.4, -0.2) is 43.9 Å². The molecule has 1 unspecified atom stereocenters. The zero-order valence-corrected chi connectivity index (χ0v) is 18.5. The van der Waals surface area contributed by atoms with Crippen LogP contribution in [0.4, 0.5) is 4.79 Å². The summed E-state index contributed by atoms with van der Waals surface area (Å²) in [6, 6.07) is 4.43. The third-order valence-electron chi connectivity index (χ3n) is 4.80. The van der Waals surface area contributed by atoms with E-state index in [1.807, 2.05) is 6.92 Å². The van der Waals surface area contributed by atoms with Crippen LogP contribution >= 0.6 is 0 Å². The maximum Gasteiger partial charge on any atom is 0.407 e. The highest BCUT2D eigenvalue weighted by Crippen LogP contribution is 2.24. The Balaban J connectivity index is 2.24. The second kappa shape index (κ2) is 9.91. The molecule has 7 nitrogen and oxygen atoms in total. The van der Waals surface area contributed by atoms with E-state index in [9.17, 15) is 17.8 Å². The monoisotopic (exact) mass is 427 g/mol. The maximum absolute atomic E-state index is 12.4. The molecule has 2 N–H and O–H groups in total. The number of alkyl carbamates (subject to hydrolysis) is 1. The van der Waals surface area contributed by atoms with Gasteiger partial charge in [-0.25, -0.2) is 4.79 Å². The van der Waals surface area contributed by atoms with Crippen LogP contribution in [0.25, 0.3) is 0 Å². The summed E-state index contributed by atoms with van der Waals surface area (Å²) in [6.07, 6.45) is 3.43. The molecule has 1 fully saturated rings. The van der Waals surface area contributed by atoms with Crippen molar-refractivity contribution >= 4 is 16.2 Å². The van der Waals surface area contributed by atoms with Crippen LogP contribution in [0.15, 0.2) is 23.1 Å². The zero-order valence-electron chi connectivity index (χ0n) is 17.7. The SMILES string of the molecule is Cc1ccc(S(=O)(=O)O)c(CC(C[C@H]2CCCCOC2)NC(=O)OC(C)(C)C)c1. The molecule has 29 heavy (non-hydrogen) atoms. The van der Waals surface area contributed by atoms with Gasteiger partial charge in [0.05, 0.1) is 4.90 Å². The molecule has 2 rings (SSSR count). The number of hydrogen-bond donors (Lipinski definition) is 2. The van der Waals surface area contributed by atoms with E-state index >= 15 is 0 Å². The fourth-order valence-electron chi connectivity index (χ4n) is 3.61. The first-order valence-corrected chi connectivity index (χ1v) is 11.5. The fourth-order valence-corrected chi connectivity index (χ4v) is 4.32. The molecule has 0 radical (unpaired) electrons. The highest BCUT2D eigenvalue weighted by molar-refractivity contribution is 7.85. The van der Waals surface area contributed by atoms with Crippen LogP contribution < -0.4 is 5.32 Å². The number of ether oxygens (including phenoxy) is 2. The number of nitrogens with one attached hydrogen (secondary N) is 1. The van der Waals surface area contributed by atoms with Crippen LogP contribution in [0.2, 0.25) is 0 Å². The van der Waals surface area contributed by atoms with E-state index in [0.29, 0.717) is 18.6 Å². The highest BCUT2D eigenvalue weighted by Gasteiger charge is 2.26. The third-order valence-corrected chi connectivity index (χ3v) is 5.76. The Hall–Kier alpha value is -1.64. The molecule has 1 aliphatic heterocycles. The summed E-state index contributed by atoms with van der Waals surface area (Å²) in [7, 11) is -4.36. The average molecular weight is 428 g/mol. The normalized spacial score (nSPS) is 19.3. The minimum atomic E-state index is -4.36. The molecule has 164 valence electrons. The largest absolute Gasteiger partial charge is 0.444 e. The Kier molecular flexibility index (Phi) is 8.08. The first-order valence-electron chi connectivity index (χ1n) is 10.1. The van der Waals surface area contributed by atoms with Crippen molar-refractivity contribution in [3.05, 3.63) is 29.3 Å². The van der Waals surface area contributed by atoms with Crippen molar-refractivity contribution in [2.24, 2.45) is 5.92 Å². The molecule has 1 saturated heterocycles. The molecule has 1 aromatic carbocycles. The fraction of sp³-hybridized carbons (Fsp3) is 0.667. The summed E-state index contributed by atoms with van der Waals surface area (Å²) in [4.78, 5) is 12.3. The van der Waals surface area contributed by atoms with E-state index in [4.69, 9.17) is 9.47 Å². The number of rotatable bonds is 6. The van der Waals surface area contributed by atoms with Crippen LogP contribution in [-0.2, 0) is 26.0 Å². The second-order valence-corrected chi connectivity index (χ2v) is 10.2. The molecule has 0 aliphatic carbocycles. The summed E-state index contributed by atoms with van der Waals surface area (Å²) < 4.78 is 44.3. The van der Waals surface area contributed by atoms with Gasteiger partial charge in [-0.3, -0.25) is 4.55 Å². The van der Waals surface area contributed by atoms with Crippen molar-refractivity contribution in [2.45, 2.75) is 76.3 Å². The minimum Gasteiger partial charge on any atom is -0.444 e. The lowest BCUT2D eigenvalue weighted by Gasteiger charge is -2.26. The number of hydrogen-bond acceptors (Lipinski definition) is 5. The number of carbonyl (C=O) groups is 1. The van der Waals surface area contributed by atoms with E-state index in [-0.39, 0.29) is 23.3 Å². The predicted octanol–water partition coefficient (Wildman–Crippen LogP) is 3.88. The molecule has 8 heteroatoms. The Morgan fingerprint density at radius 2 is 2.07 bits per heavy atom. The van der Waals surface area contributed by atoms with Crippen molar-refractivity contribution in [1.29, 1.82) is 0 Å². The van der Waals surface area contributed by atoms with E-state index < -0.39 is 21.8 Å². The minimum absolute atomic E-state index is 0.129. The van der Waals surface area contributed by atoms with E-state index in [0.717, 1.165) is 31.4 Å². The van der Waals surface area contributed by atoms with E-state index in [2.05, 4.69) is 5.32 Å². The summed E-state index contributed by atoms with van der Waals surface area (Å²) in [5, 5.41) is 2.89. The Morgan fingerprint density at radius 1 is 1.34 bits per heavy atom. The first-order chi connectivity index (χ1) is 13.4. The number of benzene rings is 1. The van der Waals surface area contributed by atoms with Crippen LogP contribution in [0, 0.1) is 12.8 Å². The van der Waals surface area contributed by atoms with Crippen LogP contribution in [0.1, 0.15) is 57.6 Å². The van der Waals surface area contributed by atoms with Gasteiger partial charge in [0.25, 0.3) is 10.1 Å². The van der Waals surface area contributed by atoms with Gasteiger partial charge in [-0.15, -0.1) is 0 Å². The molecular formula is C21H33NO6S. The molecule has 1 heterocycles. The van der Waals surface area contributed by atoms with Gasteiger partial charge in [0.2, 0.25) is 0 Å². The zero-order chi connectivity index (χ0) is 21.7. The molecule has 0 saturated carbocycles. The molecule has 0 spiro atoms.